The van der Waals surface area contributed by atoms with Gasteiger partial charge in [-0.25, -0.2) is 4.39 Å². The van der Waals surface area contributed by atoms with E-state index >= 15 is 0 Å². The summed E-state index contributed by atoms with van der Waals surface area (Å²) < 4.78 is 50.4. The maximum Gasteiger partial charge on any atom is 0.394 e. The van der Waals surface area contributed by atoms with Gasteiger partial charge in [0.1, 0.15) is 29.3 Å². The molecule has 1 aliphatic heterocycles. The second-order valence-electron chi connectivity index (χ2n) is 4.70. The zero-order valence-corrected chi connectivity index (χ0v) is 12.5. The molecule has 0 spiro atoms. The molecule has 0 unspecified atom stereocenters. The van der Waals surface area contributed by atoms with Gasteiger partial charge in [0.15, 0.2) is 0 Å². The zero-order valence-electron chi connectivity index (χ0n) is 11.7. The van der Waals surface area contributed by atoms with Gasteiger partial charge in [0.2, 0.25) is 0 Å². The summed E-state index contributed by atoms with van der Waals surface area (Å²) >= 11 is 0. The smallest absolute Gasteiger partial charge is 0.394 e. The number of hydrogen-bond donors (Lipinski definition) is 5. The van der Waals surface area contributed by atoms with Gasteiger partial charge in [0.05, 0.1) is 12.2 Å². The van der Waals surface area contributed by atoms with Crippen LogP contribution in [-0.4, -0.2) is 59.1 Å². The minimum Gasteiger partial charge on any atom is -0.486 e. The van der Waals surface area contributed by atoms with Crippen LogP contribution < -0.4 is 10.1 Å². The largest absolute Gasteiger partial charge is 0.486 e. The van der Waals surface area contributed by atoms with E-state index in [2.05, 4.69) is 5.32 Å². The predicted molar refractivity (Wildman–Crippen MR) is 74.6 cm³/mol. The Morgan fingerprint density at radius 3 is 2.57 bits per heavy atom. The van der Waals surface area contributed by atoms with Crippen LogP contribution in [0.1, 0.15) is 5.56 Å². The summed E-state index contributed by atoms with van der Waals surface area (Å²) in [6, 6.07) is 5.57. The maximum atomic E-state index is 13.4. The van der Waals surface area contributed by atoms with Crippen molar-refractivity contribution in [1.82, 2.24) is 5.32 Å². The highest BCUT2D eigenvalue weighted by atomic mass is 32.3. The van der Waals surface area contributed by atoms with Crippen LogP contribution in [0, 0.1) is 17.1 Å². The van der Waals surface area contributed by atoms with Crippen LogP contribution in [0.5, 0.6) is 5.75 Å². The fraction of sp³-hybridized carbons (Fsp3) is 0.417. The fourth-order valence-electron chi connectivity index (χ4n) is 1.86. The Bertz CT molecular complexity index is 683. The first kappa shape index (κ1) is 19.2. The molecule has 1 aromatic rings. The number of nitriles is 1. The number of hydrogen-bond acceptors (Lipinski definition) is 7. The Morgan fingerprint density at radius 2 is 2.09 bits per heavy atom. The topological polar surface area (TPSA) is 160 Å². The van der Waals surface area contributed by atoms with E-state index in [-0.39, 0.29) is 17.9 Å². The summed E-state index contributed by atoms with van der Waals surface area (Å²) in [5.74, 6) is -0.458. The molecule has 1 fully saturated rings. The predicted octanol–water partition coefficient (Wildman–Crippen LogP) is -0.881. The molecule has 1 saturated heterocycles. The molecule has 1 aliphatic rings. The summed E-state index contributed by atoms with van der Waals surface area (Å²) in [5.41, 5.74) is -1.44. The number of aliphatic hydroxyl groups excluding tert-OH is 1. The molecule has 0 bridgehead atoms. The number of nitrogens with zero attached hydrogens (tertiary/aromatic N) is 1. The normalized spacial score (nSPS) is 23.6. The van der Waals surface area contributed by atoms with Gasteiger partial charge in [-0.1, -0.05) is 0 Å². The van der Waals surface area contributed by atoms with Crippen molar-refractivity contribution < 1.29 is 36.9 Å². The molecule has 128 valence electrons. The number of β-amino-alcohol motifs (C(OH)–C–C–N with tert-alkyl or cyclic N) is 1. The minimum atomic E-state index is -4.67. The second kappa shape index (κ2) is 7.64. The van der Waals surface area contributed by atoms with E-state index in [9.17, 15) is 9.50 Å². The number of ether oxygens (including phenoxy) is 1. The van der Waals surface area contributed by atoms with E-state index < -0.39 is 34.5 Å². The molecule has 2 atom stereocenters. The molecule has 5 N–H and O–H groups in total. The minimum absolute atomic E-state index is 0.0654. The lowest BCUT2D eigenvalue weighted by atomic mass is 10.0. The lowest BCUT2D eigenvalue weighted by Gasteiger charge is -2.27. The van der Waals surface area contributed by atoms with Gasteiger partial charge < -0.3 is 20.3 Å². The Kier molecular flexibility index (Phi) is 6.39. The summed E-state index contributed by atoms with van der Waals surface area (Å²) in [4.78, 5) is 0. The third-order valence-electron chi connectivity index (χ3n) is 2.97. The van der Waals surface area contributed by atoms with Crippen molar-refractivity contribution in [2.45, 2.75) is 11.7 Å². The fourth-order valence-corrected chi connectivity index (χ4v) is 1.86. The van der Waals surface area contributed by atoms with Crippen molar-refractivity contribution in [2.75, 3.05) is 19.7 Å². The molecular weight excluding hydrogens is 335 g/mol. The average Bonchev–Trinajstić information content (AvgIpc) is 2.79. The van der Waals surface area contributed by atoms with Gasteiger partial charge in [-0.2, -0.15) is 13.7 Å². The van der Waals surface area contributed by atoms with Crippen LogP contribution in [0.2, 0.25) is 0 Å². The number of halogens is 1. The van der Waals surface area contributed by atoms with Crippen LogP contribution in [0.25, 0.3) is 0 Å². The van der Waals surface area contributed by atoms with Crippen LogP contribution in [-0.2, 0) is 10.4 Å². The summed E-state index contributed by atoms with van der Waals surface area (Å²) in [5, 5.41) is 30.6. The van der Waals surface area contributed by atoms with Crippen LogP contribution in [0.3, 0.4) is 0 Å². The van der Waals surface area contributed by atoms with E-state index in [1.807, 2.05) is 0 Å². The van der Waals surface area contributed by atoms with Crippen molar-refractivity contribution in [3.05, 3.63) is 29.6 Å². The molecule has 11 heteroatoms. The number of aliphatic hydroxyl groups is 2. The molecular formula is C12H15FN2O7S. The van der Waals surface area contributed by atoms with Crippen molar-refractivity contribution in [1.29, 1.82) is 5.26 Å². The second-order valence-corrected chi connectivity index (χ2v) is 5.60. The highest BCUT2D eigenvalue weighted by Crippen LogP contribution is 2.23. The molecule has 23 heavy (non-hydrogen) atoms. The first-order valence-electron chi connectivity index (χ1n) is 6.19. The molecule has 9 nitrogen and oxygen atoms in total. The Labute approximate surface area is 131 Å². The Balaban J connectivity index is 0.000000463. The number of rotatable bonds is 3. The monoisotopic (exact) mass is 350 g/mol. The van der Waals surface area contributed by atoms with Gasteiger partial charge >= 0.3 is 10.4 Å². The summed E-state index contributed by atoms with van der Waals surface area (Å²) in [6.45, 7) is 0.134. The number of benzene rings is 1. The lowest BCUT2D eigenvalue weighted by Crippen LogP contribution is -2.48. The van der Waals surface area contributed by atoms with Gasteiger partial charge in [-0.05, 0) is 12.1 Å². The molecule has 1 aromatic carbocycles. The molecule has 1 heterocycles. The van der Waals surface area contributed by atoms with Crippen molar-refractivity contribution in [3.63, 3.8) is 0 Å². The van der Waals surface area contributed by atoms with Crippen molar-refractivity contribution >= 4 is 10.4 Å². The molecule has 0 radical (unpaired) electrons. The van der Waals surface area contributed by atoms with Gasteiger partial charge in [-0.3, -0.25) is 9.11 Å². The average molecular weight is 350 g/mol. The van der Waals surface area contributed by atoms with Crippen LogP contribution in [0.15, 0.2) is 18.2 Å². The molecule has 2 rings (SSSR count). The zero-order chi connectivity index (χ0) is 17.7. The van der Waals surface area contributed by atoms with Crippen LogP contribution >= 0.6 is 0 Å². The van der Waals surface area contributed by atoms with E-state index in [4.69, 9.17) is 32.6 Å². The highest BCUT2D eigenvalue weighted by Gasteiger charge is 2.42. The maximum absolute atomic E-state index is 13.4. The standard InChI is InChI=1S/C12H13FN2O3.H2O4S/c13-10-3-9(2-1-8(10)4-14)18-11-5-15-6-12(11,17)7-16;1-5(2,3)4/h1-3,11,15-17H,5-7H2;(H2,1,2,3,4)/t11-,12-;/m0./s1. The number of nitrogens with one attached hydrogen (secondary N) is 1. The van der Waals surface area contributed by atoms with E-state index in [0.29, 0.717) is 6.54 Å². The summed E-state index contributed by atoms with van der Waals surface area (Å²) in [7, 11) is -4.67. The van der Waals surface area contributed by atoms with Gasteiger partial charge in [-0.15, -0.1) is 0 Å². The van der Waals surface area contributed by atoms with Gasteiger partial charge in [0.25, 0.3) is 0 Å². The van der Waals surface area contributed by atoms with Gasteiger partial charge in [0, 0.05) is 19.2 Å². The van der Waals surface area contributed by atoms with E-state index in [0.717, 1.165) is 6.07 Å². The molecule has 0 aromatic heterocycles. The first-order chi connectivity index (χ1) is 10.6. The first-order valence-corrected chi connectivity index (χ1v) is 7.59. The quantitative estimate of drug-likeness (QED) is 0.436. The van der Waals surface area contributed by atoms with Crippen molar-refractivity contribution in [2.24, 2.45) is 0 Å². The molecule has 0 amide bonds. The molecule has 0 saturated carbocycles. The lowest BCUT2D eigenvalue weighted by molar-refractivity contribution is -0.0632. The van der Waals surface area contributed by atoms with E-state index in [1.165, 1.54) is 12.1 Å². The summed E-state index contributed by atoms with van der Waals surface area (Å²) in [6.07, 6.45) is -0.658. The van der Waals surface area contributed by atoms with Crippen LogP contribution in [0.4, 0.5) is 4.39 Å². The molecule has 0 aliphatic carbocycles. The SMILES string of the molecule is N#Cc1ccc(O[C@H]2CNC[C@]2(O)CO)cc1F.O=S(=O)(O)O. The van der Waals surface area contributed by atoms with Crippen molar-refractivity contribution in [3.8, 4) is 11.8 Å². The van der Waals surface area contributed by atoms with E-state index in [1.54, 1.807) is 6.07 Å². The highest BCUT2D eigenvalue weighted by molar-refractivity contribution is 7.79. The Morgan fingerprint density at radius 1 is 1.48 bits per heavy atom. The third-order valence-corrected chi connectivity index (χ3v) is 2.97. The third kappa shape index (κ3) is 6.06. The Hall–Kier alpha value is -1.81.